The average molecular weight is 293 g/mol. The molecule has 0 spiro atoms. The first-order valence-electron chi connectivity index (χ1n) is 7.00. The van der Waals surface area contributed by atoms with E-state index in [9.17, 15) is 19.8 Å². The number of amides is 1. The van der Waals surface area contributed by atoms with E-state index in [4.69, 9.17) is 4.74 Å². The highest BCUT2D eigenvalue weighted by Gasteiger charge is 2.30. The summed E-state index contributed by atoms with van der Waals surface area (Å²) in [6, 6.07) is 3.81. The normalized spacial score (nSPS) is 18.3. The van der Waals surface area contributed by atoms with Crippen molar-refractivity contribution in [3.05, 3.63) is 23.8 Å². The van der Waals surface area contributed by atoms with Crippen LogP contribution in [0.2, 0.25) is 0 Å². The Bertz CT molecular complexity index is 543. The van der Waals surface area contributed by atoms with Crippen LogP contribution >= 0.6 is 0 Å². The molecule has 1 heterocycles. The molecule has 21 heavy (non-hydrogen) atoms. The number of hydrogen-bond donors (Lipinski definition) is 2. The number of phenols is 2. The minimum Gasteiger partial charge on any atom is -0.508 e. The lowest BCUT2D eigenvalue weighted by molar-refractivity contribution is -0.149. The van der Waals surface area contributed by atoms with Gasteiger partial charge in [-0.25, -0.2) is 0 Å². The fourth-order valence-corrected chi connectivity index (χ4v) is 2.48. The van der Waals surface area contributed by atoms with E-state index in [1.54, 1.807) is 6.92 Å². The molecule has 1 unspecified atom stereocenters. The largest absolute Gasteiger partial charge is 0.508 e. The summed E-state index contributed by atoms with van der Waals surface area (Å²) in [6.45, 7) is 2.85. The SMILES string of the molecule is CCOC(=O)C1CCCN(C(=O)c2cc(O)ccc2O)C1. The fraction of sp³-hybridized carbons (Fsp3) is 0.467. The van der Waals surface area contributed by atoms with Crippen molar-refractivity contribution in [1.82, 2.24) is 4.90 Å². The van der Waals surface area contributed by atoms with Crippen molar-refractivity contribution in [3.63, 3.8) is 0 Å². The maximum Gasteiger partial charge on any atom is 0.310 e. The molecule has 1 aliphatic heterocycles. The molecule has 1 saturated heterocycles. The van der Waals surface area contributed by atoms with Crippen LogP contribution in [-0.4, -0.2) is 46.7 Å². The van der Waals surface area contributed by atoms with Crippen LogP contribution in [0.4, 0.5) is 0 Å². The Kier molecular flexibility index (Phi) is 4.67. The van der Waals surface area contributed by atoms with Crippen molar-refractivity contribution >= 4 is 11.9 Å². The first-order valence-corrected chi connectivity index (χ1v) is 7.00. The summed E-state index contributed by atoms with van der Waals surface area (Å²) in [5.41, 5.74) is 0.0412. The lowest BCUT2D eigenvalue weighted by atomic mass is 9.97. The fourth-order valence-electron chi connectivity index (χ4n) is 2.48. The first-order chi connectivity index (χ1) is 10.0. The lowest BCUT2D eigenvalue weighted by Gasteiger charge is -2.31. The summed E-state index contributed by atoms with van der Waals surface area (Å²) < 4.78 is 4.99. The molecular formula is C15H19NO5. The molecule has 2 N–H and O–H groups in total. The molecular weight excluding hydrogens is 274 g/mol. The van der Waals surface area contributed by atoms with Crippen LogP contribution in [0, 0.1) is 5.92 Å². The van der Waals surface area contributed by atoms with E-state index >= 15 is 0 Å². The van der Waals surface area contributed by atoms with Gasteiger partial charge in [-0.05, 0) is 38.0 Å². The number of ether oxygens (including phenoxy) is 1. The number of carbonyl (C=O) groups excluding carboxylic acids is 2. The summed E-state index contributed by atoms with van der Waals surface area (Å²) in [5.74, 6) is -1.29. The van der Waals surface area contributed by atoms with E-state index in [0.717, 1.165) is 0 Å². The maximum atomic E-state index is 12.4. The minimum absolute atomic E-state index is 0.0412. The van der Waals surface area contributed by atoms with Crippen LogP contribution in [0.1, 0.15) is 30.1 Å². The quantitative estimate of drug-likeness (QED) is 0.651. The predicted octanol–water partition coefficient (Wildman–Crippen LogP) is 1.51. The van der Waals surface area contributed by atoms with E-state index in [-0.39, 0.29) is 35.5 Å². The Balaban J connectivity index is 2.12. The van der Waals surface area contributed by atoms with E-state index in [1.807, 2.05) is 0 Å². The van der Waals surface area contributed by atoms with Crippen LogP contribution in [0.15, 0.2) is 18.2 Å². The number of phenolic OH excluding ortho intramolecular Hbond substituents is 2. The van der Waals surface area contributed by atoms with Crippen molar-refractivity contribution < 1.29 is 24.5 Å². The Labute approximate surface area is 122 Å². The third kappa shape index (κ3) is 3.45. The number of esters is 1. The molecule has 2 rings (SSSR count). The molecule has 0 radical (unpaired) electrons. The number of piperidine rings is 1. The number of aromatic hydroxyl groups is 2. The smallest absolute Gasteiger partial charge is 0.310 e. The molecule has 6 heteroatoms. The third-order valence-corrected chi connectivity index (χ3v) is 3.54. The first kappa shape index (κ1) is 15.2. The van der Waals surface area contributed by atoms with Crippen LogP contribution in [0.3, 0.4) is 0 Å². The Morgan fingerprint density at radius 3 is 2.86 bits per heavy atom. The van der Waals surface area contributed by atoms with Gasteiger partial charge >= 0.3 is 5.97 Å². The molecule has 1 atom stereocenters. The molecule has 1 aromatic rings. The molecule has 1 aromatic carbocycles. The Morgan fingerprint density at radius 1 is 1.38 bits per heavy atom. The molecule has 0 saturated carbocycles. The van der Waals surface area contributed by atoms with Crippen molar-refractivity contribution in [1.29, 1.82) is 0 Å². The summed E-state index contributed by atoms with van der Waals surface area (Å²) in [4.78, 5) is 25.7. The second-order valence-electron chi connectivity index (χ2n) is 5.04. The zero-order chi connectivity index (χ0) is 15.4. The summed E-state index contributed by atoms with van der Waals surface area (Å²) in [6.07, 6.45) is 1.39. The zero-order valence-corrected chi connectivity index (χ0v) is 11.9. The van der Waals surface area contributed by atoms with Gasteiger partial charge in [0.2, 0.25) is 0 Å². The van der Waals surface area contributed by atoms with E-state index in [0.29, 0.717) is 26.0 Å². The second-order valence-corrected chi connectivity index (χ2v) is 5.04. The van der Waals surface area contributed by atoms with Gasteiger partial charge in [-0.3, -0.25) is 9.59 Å². The standard InChI is InChI=1S/C15H19NO5/c1-2-21-15(20)10-4-3-7-16(9-10)14(19)12-8-11(17)5-6-13(12)18/h5-6,8,10,17-18H,2-4,7,9H2,1H3. The number of nitrogens with zero attached hydrogens (tertiary/aromatic N) is 1. The van der Waals surface area contributed by atoms with Crippen molar-refractivity contribution in [2.75, 3.05) is 19.7 Å². The average Bonchev–Trinajstić information content (AvgIpc) is 2.49. The van der Waals surface area contributed by atoms with Crippen LogP contribution in [0.25, 0.3) is 0 Å². The number of hydrogen-bond acceptors (Lipinski definition) is 5. The molecule has 1 aliphatic rings. The third-order valence-electron chi connectivity index (χ3n) is 3.54. The monoisotopic (exact) mass is 293 g/mol. The topological polar surface area (TPSA) is 87.1 Å². The number of rotatable bonds is 3. The van der Waals surface area contributed by atoms with Crippen LogP contribution in [-0.2, 0) is 9.53 Å². The number of likely N-dealkylation sites (tertiary alicyclic amines) is 1. The molecule has 1 amide bonds. The second kappa shape index (κ2) is 6.47. The number of carbonyl (C=O) groups is 2. The highest BCUT2D eigenvalue weighted by Crippen LogP contribution is 2.26. The number of benzene rings is 1. The predicted molar refractivity (Wildman–Crippen MR) is 75.0 cm³/mol. The van der Waals surface area contributed by atoms with Gasteiger partial charge < -0.3 is 19.8 Å². The summed E-state index contributed by atoms with van der Waals surface area (Å²) in [7, 11) is 0. The molecule has 114 valence electrons. The van der Waals surface area contributed by atoms with Gasteiger partial charge in [0.15, 0.2) is 0 Å². The zero-order valence-electron chi connectivity index (χ0n) is 11.9. The molecule has 6 nitrogen and oxygen atoms in total. The minimum atomic E-state index is -0.391. The summed E-state index contributed by atoms with van der Waals surface area (Å²) in [5, 5.41) is 19.2. The Hall–Kier alpha value is -2.24. The lowest BCUT2D eigenvalue weighted by Crippen LogP contribution is -2.42. The van der Waals surface area contributed by atoms with Gasteiger partial charge in [-0.15, -0.1) is 0 Å². The maximum absolute atomic E-state index is 12.4. The van der Waals surface area contributed by atoms with Gasteiger partial charge in [0.25, 0.3) is 5.91 Å². The molecule has 1 fully saturated rings. The molecule has 0 aromatic heterocycles. The molecule has 0 aliphatic carbocycles. The van der Waals surface area contributed by atoms with Gasteiger partial charge in [-0.1, -0.05) is 0 Å². The van der Waals surface area contributed by atoms with Gasteiger partial charge in [0, 0.05) is 13.1 Å². The van der Waals surface area contributed by atoms with Gasteiger partial charge in [0.05, 0.1) is 18.1 Å². The summed E-state index contributed by atoms with van der Waals surface area (Å²) >= 11 is 0. The highest BCUT2D eigenvalue weighted by atomic mass is 16.5. The van der Waals surface area contributed by atoms with Crippen LogP contribution in [0.5, 0.6) is 11.5 Å². The van der Waals surface area contributed by atoms with Gasteiger partial charge in [-0.2, -0.15) is 0 Å². The van der Waals surface area contributed by atoms with Crippen molar-refractivity contribution in [2.24, 2.45) is 5.92 Å². The van der Waals surface area contributed by atoms with Gasteiger partial charge in [0.1, 0.15) is 11.5 Å². The van der Waals surface area contributed by atoms with Crippen LogP contribution < -0.4 is 0 Å². The van der Waals surface area contributed by atoms with Crippen molar-refractivity contribution in [3.8, 4) is 11.5 Å². The van der Waals surface area contributed by atoms with E-state index < -0.39 is 5.91 Å². The van der Waals surface area contributed by atoms with Crippen molar-refractivity contribution in [2.45, 2.75) is 19.8 Å². The molecule has 0 bridgehead atoms. The Morgan fingerprint density at radius 2 is 2.14 bits per heavy atom. The highest BCUT2D eigenvalue weighted by molar-refractivity contribution is 5.97. The van der Waals surface area contributed by atoms with E-state index in [1.165, 1.54) is 23.1 Å². The van der Waals surface area contributed by atoms with E-state index in [2.05, 4.69) is 0 Å².